The van der Waals surface area contributed by atoms with Gasteiger partial charge in [-0.15, -0.1) is 0 Å². The van der Waals surface area contributed by atoms with Crippen LogP contribution in [0.5, 0.6) is 0 Å². The first-order valence-electron chi connectivity index (χ1n) is 5.12. The van der Waals surface area contributed by atoms with E-state index < -0.39 is 12.0 Å². The number of nitrogens with zero attached hydrogens (tertiary/aromatic N) is 2. The fourth-order valence-electron chi connectivity index (χ4n) is 1.31. The number of nitrogens with one attached hydrogen (secondary N) is 1. The van der Waals surface area contributed by atoms with Gasteiger partial charge in [0, 0.05) is 6.54 Å². The van der Waals surface area contributed by atoms with E-state index in [-0.39, 0.29) is 17.4 Å². The van der Waals surface area contributed by atoms with Crippen molar-refractivity contribution in [1.29, 1.82) is 0 Å². The number of amides is 1. The van der Waals surface area contributed by atoms with Crippen molar-refractivity contribution in [3.8, 4) is 0 Å². The van der Waals surface area contributed by atoms with Gasteiger partial charge in [0.25, 0.3) is 5.91 Å². The first-order chi connectivity index (χ1) is 8.66. The molecule has 2 aromatic rings. The van der Waals surface area contributed by atoms with Gasteiger partial charge in [-0.1, -0.05) is 11.6 Å². The van der Waals surface area contributed by atoms with E-state index in [2.05, 4.69) is 15.3 Å². The third-order valence-electron chi connectivity index (χ3n) is 2.22. The van der Waals surface area contributed by atoms with Gasteiger partial charge in [0.15, 0.2) is 0 Å². The van der Waals surface area contributed by atoms with Crippen LogP contribution in [0, 0.1) is 0 Å². The maximum absolute atomic E-state index is 11.7. The number of carbonyl (C=O) groups is 1. The van der Waals surface area contributed by atoms with Gasteiger partial charge in [0.05, 0.1) is 18.5 Å². The van der Waals surface area contributed by atoms with Crippen LogP contribution in [-0.4, -0.2) is 27.5 Å². The topological polar surface area (TPSA) is 75.1 Å². The second kappa shape index (κ2) is 5.90. The van der Waals surface area contributed by atoms with Gasteiger partial charge in [0.1, 0.15) is 10.8 Å². The van der Waals surface area contributed by atoms with Gasteiger partial charge in [-0.05, 0) is 22.4 Å². The molecule has 0 saturated carbocycles. The van der Waals surface area contributed by atoms with Crippen LogP contribution in [0.15, 0.2) is 29.2 Å². The predicted molar refractivity (Wildman–Crippen MR) is 68.7 cm³/mol. The number of hydrogen-bond donors (Lipinski definition) is 2. The van der Waals surface area contributed by atoms with Crippen molar-refractivity contribution in [2.45, 2.75) is 6.10 Å². The van der Waals surface area contributed by atoms with E-state index in [9.17, 15) is 9.90 Å². The number of aliphatic hydroxyl groups is 1. The van der Waals surface area contributed by atoms with Crippen LogP contribution in [0.25, 0.3) is 0 Å². The van der Waals surface area contributed by atoms with Gasteiger partial charge < -0.3 is 10.4 Å². The third kappa shape index (κ3) is 3.25. The average molecular weight is 284 g/mol. The zero-order valence-corrected chi connectivity index (χ0v) is 10.8. The van der Waals surface area contributed by atoms with Crippen molar-refractivity contribution in [1.82, 2.24) is 15.3 Å². The Morgan fingerprint density at radius 3 is 3.06 bits per heavy atom. The highest BCUT2D eigenvalue weighted by atomic mass is 35.5. The molecule has 2 heterocycles. The third-order valence-corrected chi connectivity index (χ3v) is 3.11. The number of carbonyl (C=O) groups excluding carboxylic acids is 1. The molecule has 5 nitrogen and oxygen atoms in total. The van der Waals surface area contributed by atoms with Crippen molar-refractivity contribution in [2.24, 2.45) is 0 Å². The summed E-state index contributed by atoms with van der Waals surface area (Å²) < 4.78 is 0. The summed E-state index contributed by atoms with van der Waals surface area (Å²) in [4.78, 5) is 19.3. The number of aliphatic hydroxyl groups excluding tert-OH is 1. The maximum atomic E-state index is 11.7. The van der Waals surface area contributed by atoms with Gasteiger partial charge in [0.2, 0.25) is 0 Å². The largest absolute Gasteiger partial charge is 0.387 e. The Bertz CT molecular complexity index is 533. The molecule has 0 aliphatic carbocycles. The van der Waals surface area contributed by atoms with E-state index in [0.717, 1.165) is 5.56 Å². The Morgan fingerprint density at radius 1 is 1.56 bits per heavy atom. The lowest BCUT2D eigenvalue weighted by molar-refractivity contribution is 0.0911. The average Bonchev–Trinajstić information content (AvgIpc) is 2.89. The molecule has 1 unspecified atom stereocenters. The zero-order chi connectivity index (χ0) is 13.0. The van der Waals surface area contributed by atoms with Crippen LogP contribution in [-0.2, 0) is 0 Å². The smallest absolute Gasteiger partial charge is 0.271 e. The van der Waals surface area contributed by atoms with Crippen molar-refractivity contribution >= 4 is 28.8 Å². The van der Waals surface area contributed by atoms with Crippen LogP contribution in [0.1, 0.15) is 22.2 Å². The Balaban J connectivity index is 1.92. The second-order valence-corrected chi connectivity index (χ2v) is 4.68. The first-order valence-corrected chi connectivity index (χ1v) is 6.45. The zero-order valence-electron chi connectivity index (χ0n) is 9.21. The summed E-state index contributed by atoms with van der Waals surface area (Å²) in [6, 6.07) is 1.81. The number of aromatic nitrogens is 2. The van der Waals surface area contributed by atoms with Gasteiger partial charge in [-0.3, -0.25) is 9.78 Å². The van der Waals surface area contributed by atoms with Gasteiger partial charge in [-0.25, -0.2) is 4.98 Å². The monoisotopic (exact) mass is 283 g/mol. The van der Waals surface area contributed by atoms with E-state index in [0.29, 0.717) is 0 Å². The lowest BCUT2D eigenvalue weighted by Gasteiger charge is -2.10. The van der Waals surface area contributed by atoms with Crippen LogP contribution >= 0.6 is 22.9 Å². The number of hydrogen-bond acceptors (Lipinski definition) is 5. The SMILES string of the molecule is O=C(NCC(O)c1ccsc1)c1cncc(Cl)n1. The van der Waals surface area contributed by atoms with Crippen molar-refractivity contribution < 1.29 is 9.90 Å². The lowest BCUT2D eigenvalue weighted by Crippen LogP contribution is -2.29. The van der Waals surface area contributed by atoms with E-state index in [1.807, 2.05) is 10.8 Å². The highest BCUT2D eigenvalue weighted by molar-refractivity contribution is 7.07. The Labute approximate surface area is 112 Å². The summed E-state index contributed by atoms with van der Waals surface area (Å²) in [6.07, 6.45) is 1.93. The fourth-order valence-corrected chi connectivity index (χ4v) is 2.17. The molecule has 2 N–H and O–H groups in total. The predicted octanol–water partition coefficient (Wildman–Crippen LogP) is 1.65. The van der Waals surface area contributed by atoms with Crippen LogP contribution in [0.3, 0.4) is 0 Å². The second-order valence-electron chi connectivity index (χ2n) is 3.51. The van der Waals surface area contributed by atoms with Crippen molar-refractivity contribution in [2.75, 3.05) is 6.54 Å². The lowest BCUT2D eigenvalue weighted by atomic mass is 10.2. The first kappa shape index (κ1) is 12.9. The molecule has 94 valence electrons. The maximum Gasteiger partial charge on any atom is 0.271 e. The molecule has 0 aliphatic rings. The molecule has 2 aromatic heterocycles. The summed E-state index contributed by atoms with van der Waals surface area (Å²) in [6.45, 7) is 0.115. The summed E-state index contributed by atoms with van der Waals surface area (Å²) >= 11 is 7.12. The minimum absolute atomic E-state index is 0.115. The molecular weight excluding hydrogens is 274 g/mol. The molecule has 0 radical (unpaired) electrons. The molecular formula is C11H10ClN3O2S. The van der Waals surface area contributed by atoms with E-state index in [4.69, 9.17) is 11.6 Å². The molecule has 0 bridgehead atoms. The molecule has 0 fully saturated rings. The van der Waals surface area contributed by atoms with Crippen LogP contribution in [0.2, 0.25) is 5.15 Å². The fraction of sp³-hybridized carbons (Fsp3) is 0.182. The van der Waals surface area contributed by atoms with E-state index in [1.54, 1.807) is 6.07 Å². The summed E-state index contributed by atoms with van der Waals surface area (Å²) in [5.41, 5.74) is 0.900. The molecule has 2 rings (SSSR count). The Kier molecular flexibility index (Phi) is 4.24. The molecule has 7 heteroatoms. The van der Waals surface area contributed by atoms with Crippen LogP contribution < -0.4 is 5.32 Å². The number of halogens is 1. The number of rotatable bonds is 4. The number of thiophene rings is 1. The molecule has 0 aliphatic heterocycles. The summed E-state index contributed by atoms with van der Waals surface area (Å²) in [5, 5.41) is 16.2. The van der Waals surface area contributed by atoms with E-state index in [1.165, 1.54) is 23.7 Å². The van der Waals surface area contributed by atoms with Gasteiger partial charge in [-0.2, -0.15) is 11.3 Å². The van der Waals surface area contributed by atoms with Crippen molar-refractivity contribution in [3.63, 3.8) is 0 Å². The minimum atomic E-state index is -0.729. The molecule has 1 amide bonds. The molecule has 0 saturated heterocycles. The molecule has 18 heavy (non-hydrogen) atoms. The Morgan fingerprint density at radius 2 is 2.39 bits per heavy atom. The highest BCUT2D eigenvalue weighted by Gasteiger charge is 2.12. The molecule has 0 spiro atoms. The Hall–Kier alpha value is -1.50. The van der Waals surface area contributed by atoms with Crippen molar-refractivity contribution in [3.05, 3.63) is 45.6 Å². The quantitative estimate of drug-likeness (QED) is 0.895. The van der Waals surface area contributed by atoms with E-state index >= 15 is 0 Å². The van der Waals surface area contributed by atoms with Crippen LogP contribution in [0.4, 0.5) is 0 Å². The normalized spacial score (nSPS) is 12.1. The minimum Gasteiger partial charge on any atom is -0.387 e. The molecule has 1 atom stereocenters. The summed E-state index contributed by atoms with van der Waals surface area (Å²) in [5.74, 6) is -0.417. The van der Waals surface area contributed by atoms with Gasteiger partial charge >= 0.3 is 0 Å². The summed E-state index contributed by atoms with van der Waals surface area (Å²) in [7, 11) is 0. The highest BCUT2D eigenvalue weighted by Crippen LogP contribution is 2.15. The standard InChI is InChI=1S/C11H10ClN3O2S/c12-10-5-13-3-8(15-10)11(17)14-4-9(16)7-1-2-18-6-7/h1-3,5-6,9,16H,4H2,(H,14,17). The molecule has 0 aromatic carbocycles.